The molecule has 0 atom stereocenters. The van der Waals surface area contributed by atoms with Crippen molar-refractivity contribution in [3.05, 3.63) is 28.2 Å². The van der Waals surface area contributed by atoms with Crippen molar-refractivity contribution in [2.75, 3.05) is 13.1 Å². The minimum Gasteiger partial charge on any atom is -0.386 e. The molecule has 1 aromatic rings. The fourth-order valence-corrected chi connectivity index (χ4v) is 1.81. The van der Waals surface area contributed by atoms with Crippen molar-refractivity contribution < 1.29 is 9.90 Å². The zero-order valence-electron chi connectivity index (χ0n) is 9.88. The van der Waals surface area contributed by atoms with Gasteiger partial charge in [0.2, 0.25) is 0 Å². The Labute approximate surface area is 98.5 Å². The SMILES string of the molecule is CCC1(O)CN(C(=O)c2ccc(=O)n(C)n2)C1. The van der Waals surface area contributed by atoms with E-state index in [-0.39, 0.29) is 17.2 Å². The molecule has 6 nitrogen and oxygen atoms in total. The molecule has 1 amide bonds. The minimum absolute atomic E-state index is 0.227. The molecule has 1 aliphatic heterocycles. The molecule has 6 heteroatoms. The third-order valence-electron chi connectivity index (χ3n) is 3.10. The molecule has 1 aliphatic rings. The molecule has 17 heavy (non-hydrogen) atoms. The van der Waals surface area contributed by atoms with Crippen molar-refractivity contribution in [1.82, 2.24) is 14.7 Å². The quantitative estimate of drug-likeness (QED) is 0.743. The first-order valence-electron chi connectivity index (χ1n) is 5.51. The number of rotatable bonds is 2. The number of amides is 1. The molecule has 1 fully saturated rings. The molecule has 1 N–H and O–H groups in total. The number of carbonyl (C=O) groups is 1. The van der Waals surface area contributed by atoms with E-state index in [1.54, 1.807) is 0 Å². The number of hydrogen-bond acceptors (Lipinski definition) is 4. The first-order chi connectivity index (χ1) is 7.95. The van der Waals surface area contributed by atoms with E-state index in [4.69, 9.17) is 0 Å². The Balaban J connectivity index is 2.12. The van der Waals surface area contributed by atoms with E-state index >= 15 is 0 Å². The fraction of sp³-hybridized carbons (Fsp3) is 0.545. The summed E-state index contributed by atoms with van der Waals surface area (Å²) in [5.74, 6) is -0.251. The second kappa shape index (κ2) is 3.96. The van der Waals surface area contributed by atoms with Gasteiger partial charge in [-0.1, -0.05) is 6.92 Å². The third kappa shape index (κ3) is 2.08. The van der Waals surface area contributed by atoms with Gasteiger partial charge < -0.3 is 10.0 Å². The number of carbonyl (C=O) groups excluding carboxylic acids is 1. The highest BCUT2D eigenvalue weighted by Crippen LogP contribution is 2.24. The van der Waals surface area contributed by atoms with E-state index in [1.165, 1.54) is 24.1 Å². The smallest absolute Gasteiger partial charge is 0.274 e. The molecule has 0 aliphatic carbocycles. The summed E-state index contributed by atoms with van der Waals surface area (Å²) in [5, 5.41) is 13.7. The second-order valence-electron chi connectivity index (χ2n) is 4.42. The number of nitrogens with zero attached hydrogens (tertiary/aromatic N) is 3. The molecule has 92 valence electrons. The lowest BCUT2D eigenvalue weighted by molar-refractivity contribution is -0.0828. The van der Waals surface area contributed by atoms with E-state index in [9.17, 15) is 14.7 Å². The largest absolute Gasteiger partial charge is 0.386 e. The molecule has 0 saturated carbocycles. The summed E-state index contributed by atoms with van der Waals surface area (Å²) in [6, 6.07) is 2.72. The molecule has 0 bridgehead atoms. The van der Waals surface area contributed by atoms with Crippen LogP contribution in [0.3, 0.4) is 0 Å². The number of aryl methyl sites for hydroxylation is 1. The highest BCUT2D eigenvalue weighted by atomic mass is 16.3. The van der Waals surface area contributed by atoms with Gasteiger partial charge in [0.1, 0.15) is 5.69 Å². The van der Waals surface area contributed by atoms with E-state index < -0.39 is 5.60 Å². The molecule has 1 saturated heterocycles. The van der Waals surface area contributed by atoms with Crippen molar-refractivity contribution in [3.63, 3.8) is 0 Å². The highest BCUT2D eigenvalue weighted by Gasteiger charge is 2.42. The van der Waals surface area contributed by atoms with Crippen LogP contribution < -0.4 is 5.56 Å². The van der Waals surface area contributed by atoms with Crippen LogP contribution in [0.25, 0.3) is 0 Å². The van der Waals surface area contributed by atoms with Crippen molar-refractivity contribution in [2.45, 2.75) is 18.9 Å². The van der Waals surface area contributed by atoms with Crippen molar-refractivity contribution in [1.29, 1.82) is 0 Å². The molecule has 2 heterocycles. The zero-order chi connectivity index (χ0) is 12.6. The Hall–Kier alpha value is -1.69. The van der Waals surface area contributed by atoms with Crippen LogP contribution in [0.15, 0.2) is 16.9 Å². The molecule has 0 aromatic carbocycles. The first-order valence-corrected chi connectivity index (χ1v) is 5.51. The lowest BCUT2D eigenvalue weighted by atomic mass is 9.91. The second-order valence-corrected chi connectivity index (χ2v) is 4.42. The maximum Gasteiger partial charge on any atom is 0.274 e. The summed E-state index contributed by atoms with van der Waals surface area (Å²) in [4.78, 5) is 24.6. The maximum absolute atomic E-state index is 11.9. The van der Waals surface area contributed by atoms with Gasteiger partial charge in [0, 0.05) is 13.1 Å². The van der Waals surface area contributed by atoms with Crippen LogP contribution in [-0.2, 0) is 7.05 Å². The maximum atomic E-state index is 11.9. The van der Waals surface area contributed by atoms with Gasteiger partial charge in [-0.15, -0.1) is 0 Å². The van der Waals surface area contributed by atoms with Crippen LogP contribution in [-0.4, -0.2) is 44.4 Å². The van der Waals surface area contributed by atoms with Crippen LogP contribution in [0.2, 0.25) is 0 Å². The van der Waals surface area contributed by atoms with E-state index in [0.717, 1.165) is 4.68 Å². The average Bonchev–Trinajstić information content (AvgIpc) is 2.27. The number of likely N-dealkylation sites (tertiary alicyclic amines) is 1. The molecule has 1 aromatic heterocycles. The van der Waals surface area contributed by atoms with Gasteiger partial charge in [0.25, 0.3) is 11.5 Å². The molecular weight excluding hydrogens is 222 g/mol. The third-order valence-corrected chi connectivity index (χ3v) is 3.10. The Morgan fingerprint density at radius 1 is 1.53 bits per heavy atom. The predicted molar refractivity (Wildman–Crippen MR) is 60.6 cm³/mol. The summed E-state index contributed by atoms with van der Waals surface area (Å²) in [5.41, 5.74) is -0.781. The summed E-state index contributed by atoms with van der Waals surface area (Å²) in [6.45, 7) is 2.53. The summed E-state index contributed by atoms with van der Waals surface area (Å²) < 4.78 is 1.12. The summed E-state index contributed by atoms with van der Waals surface area (Å²) >= 11 is 0. The zero-order valence-corrected chi connectivity index (χ0v) is 9.88. The van der Waals surface area contributed by atoms with Crippen LogP contribution >= 0.6 is 0 Å². The summed E-state index contributed by atoms with van der Waals surface area (Å²) in [7, 11) is 1.50. The van der Waals surface area contributed by atoms with Crippen LogP contribution in [0.1, 0.15) is 23.8 Å². The average molecular weight is 237 g/mol. The monoisotopic (exact) mass is 237 g/mol. The molecule has 0 unspecified atom stereocenters. The minimum atomic E-state index is -0.754. The van der Waals surface area contributed by atoms with Gasteiger partial charge in [-0.25, -0.2) is 4.68 Å². The van der Waals surface area contributed by atoms with Gasteiger partial charge in [-0.3, -0.25) is 9.59 Å². The summed E-state index contributed by atoms with van der Waals surface area (Å²) in [6.07, 6.45) is 0.623. The van der Waals surface area contributed by atoms with Gasteiger partial charge in [-0.2, -0.15) is 5.10 Å². The van der Waals surface area contributed by atoms with E-state index in [1.807, 2.05) is 6.92 Å². The Kier molecular flexibility index (Phi) is 2.74. The molecule has 0 radical (unpaired) electrons. The van der Waals surface area contributed by atoms with Crippen LogP contribution in [0, 0.1) is 0 Å². The number of hydrogen-bond donors (Lipinski definition) is 1. The highest BCUT2D eigenvalue weighted by molar-refractivity contribution is 5.92. The van der Waals surface area contributed by atoms with Crippen molar-refractivity contribution in [2.24, 2.45) is 7.05 Å². The first kappa shape index (κ1) is 11.8. The van der Waals surface area contributed by atoms with Crippen molar-refractivity contribution in [3.8, 4) is 0 Å². The Bertz CT molecular complexity index is 503. The topological polar surface area (TPSA) is 75.4 Å². The Morgan fingerprint density at radius 3 is 2.71 bits per heavy atom. The lowest BCUT2D eigenvalue weighted by Gasteiger charge is -2.45. The standard InChI is InChI=1S/C11H15N3O3/c1-3-11(17)6-14(7-11)10(16)8-4-5-9(15)13(2)12-8/h4-5,17H,3,6-7H2,1-2H3. The van der Waals surface area contributed by atoms with Gasteiger partial charge in [0.15, 0.2) is 0 Å². The lowest BCUT2D eigenvalue weighted by Crippen LogP contribution is -2.63. The van der Waals surface area contributed by atoms with Crippen LogP contribution in [0.5, 0.6) is 0 Å². The van der Waals surface area contributed by atoms with Gasteiger partial charge >= 0.3 is 0 Å². The number of β-amino-alcohol motifs (C(OH)–C–C–N with tert-alkyl or cyclic N) is 1. The van der Waals surface area contributed by atoms with E-state index in [0.29, 0.717) is 19.5 Å². The predicted octanol–water partition coefficient (Wildman–Crippen LogP) is -0.623. The van der Waals surface area contributed by atoms with E-state index in [2.05, 4.69) is 5.10 Å². The van der Waals surface area contributed by atoms with Crippen molar-refractivity contribution >= 4 is 5.91 Å². The normalized spacial score (nSPS) is 17.7. The fourth-order valence-electron chi connectivity index (χ4n) is 1.81. The number of aromatic nitrogens is 2. The van der Waals surface area contributed by atoms with Gasteiger partial charge in [0.05, 0.1) is 18.7 Å². The molecule has 2 rings (SSSR count). The molecule has 0 spiro atoms. The Morgan fingerprint density at radius 2 is 2.18 bits per heavy atom. The van der Waals surface area contributed by atoms with Gasteiger partial charge in [-0.05, 0) is 12.5 Å². The van der Waals surface area contributed by atoms with Crippen LogP contribution in [0.4, 0.5) is 0 Å². The molecular formula is C11H15N3O3. The number of aliphatic hydroxyl groups is 1.